The summed E-state index contributed by atoms with van der Waals surface area (Å²) < 4.78 is 20.6. The molecule has 5 unspecified atom stereocenters. The van der Waals surface area contributed by atoms with Gasteiger partial charge in [-0.25, -0.2) is 4.39 Å². The van der Waals surface area contributed by atoms with Crippen LogP contribution in [0.15, 0.2) is 65.6 Å². The molecule has 1 saturated carbocycles. The quantitative estimate of drug-likeness (QED) is 0.193. The first kappa shape index (κ1) is 25.3. The van der Waals surface area contributed by atoms with E-state index in [2.05, 4.69) is 5.32 Å². The van der Waals surface area contributed by atoms with Gasteiger partial charge in [-0.1, -0.05) is 30.3 Å². The van der Waals surface area contributed by atoms with E-state index in [0.29, 0.717) is 40.5 Å². The smallest absolute Gasteiger partial charge is 0.296 e. The van der Waals surface area contributed by atoms with Crippen molar-refractivity contribution in [3.8, 4) is 5.75 Å². The number of para-hydroxylation sites is 1. The van der Waals surface area contributed by atoms with Gasteiger partial charge in [0.25, 0.3) is 11.4 Å². The van der Waals surface area contributed by atoms with E-state index in [0.717, 1.165) is 0 Å². The molecular weight excluding hydrogens is 521 g/mol. The first-order valence-electron chi connectivity index (χ1n) is 11.8. The number of benzene rings is 3. The van der Waals surface area contributed by atoms with Crippen molar-refractivity contribution in [1.29, 1.82) is 0 Å². The second kappa shape index (κ2) is 10.2. The highest BCUT2D eigenvalue weighted by Crippen LogP contribution is 2.60. The van der Waals surface area contributed by atoms with Crippen molar-refractivity contribution in [2.75, 3.05) is 11.9 Å². The van der Waals surface area contributed by atoms with Crippen LogP contribution in [0.3, 0.4) is 0 Å². The first-order chi connectivity index (χ1) is 17.8. The van der Waals surface area contributed by atoms with Crippen molar-refractivity contribution in [3.63, 3.8) is 0 Å². The maximum atomic E-state index is 15.0. The van der Waals surface area contributed by atoms with Crippen LogP contribution in [0.5, 0.6) is 5.75 Å². The topological polar surface area (TPSA) is 108 Å². The summed E-state index contributed by atoms with van der Waals surface area (Å²) in [6.45, 7) is 2.12. The molecule has 37 heavy (non-hydrogen) atoms. The van der Waals surface area contributed by atoms with Gasteiger partial charge in [-0.15, -0.1) is 23.4 Å². The average molecular weight is 544 g/mol. The van der Waals surface area contributed by atoms with E-state index in [1.165, 1.54) is 30.0 Å². The first-order valence-corrected chi connectivity index (χ1v) is 13.1. The van der Waals surface area contributed by atoms with E-state index in [9.17, 15) is 20.2 Å². The molecule has 0 saturated heterocycles. The number of rotatable bonds is 7. The number of halogens is 2. The van der Waals surface area contributed by atoms with Crippen molar-refractivity contribution in [1.82, 2.24) is 0 Å². The zero-order valence-corrected chi connectivity index (χ0v) is 21.2. The summed E-state index contributed by atoms with van der Waals surface area (Å²) in [6, 6.07) is 15.4. The molecule has 11 heteroatoms. The summed E-state index contributed by atoms with van der Waals surface area (Å²) in [5, 5.41) is 26.1. The molecule has 2 aliphatic rings. The number of thioether (sulfide) groups is 1. The van der Waals surface area contributed by atoms with Gasteiger partial charge in [0.05, 0.1) is 38.8 Å². The van der Waals surface area contributed by atoms with E-state index < -0.39 is 27.1 Å². The molecule has 1 N–H and O–H groups in total. The number of nitro groups is 2. The summed E-state index contributed by atoms with van der Waals surface area (Å²) in [4.78, 5) is 23.2. The van der Waals surface area contributed by atoms with Gasteiger partial charge >= 0.3 is 0 Å². The van der Waals surface area contributed by atoms with Crippen molar-refractivity contribution >= 4 is 40.4 Å². The lowest BCUT2D eigenvalue weighted by Gasteiger charge is -2.38. The third-order valence-electron chi connectivity index (χ3n) is 6.96. The molecule has 0 bridgehead atoms. The van der Waals surface area contributed by atoms with Gasteiger partial charge in [0.2, 0.25) is 0 Å². The Labute approximate surface area is 221 Å². The van der Waals surface area contributed by atoms with Crippen LogP contribution in [-0.4, -0.2) is 27.1 Å². The number of nitrogens with one attached hydrogen (secondary N) is 1. The van der Waals surface area contributed by atoms with Crippen LogP contribution in [0.4, 0.5) is 21.5 Å². The van der Waals surface area contributed by atoms with E-state index in [-0.39, 0.29) is 28.5 Å². The van der Waals surface area contributed by atoms with E-state index in [4.69, 9.17) is 16.3 Å². The lowest BCUT2D eigenvalue weighted by Crippen LogP contribution is -2.32. The average Bonchev–Trinajstić information content (AvgIpc) is 3.20. The number of hydrogen-bond donors (Lipinski definition) is 1. The van der Waals surface area contributed by atoms with Crippen LogP contribution in [0.2, 0.25) is 0 Å². The highest BCUT2D eigenvalue weighted by Gasteiger charge is 2.52. The second-order valence-corrected chi connectivity index (χ2v) is 10.8. The predicted molar refractivity (Wildman–Crippen MR) is 140 cm³/mol. The third-order valence-corrected chi connectivity index (χ3v) is 9.07. The highest BCUT2D eigenvalue weighted by atomic mass is 35.5. The summed E-state index contributed by atoms with van der Waals surface area (Å²) in [7, 11) is 0. The van der Waals surface area contributed by atoms with Crippen LogP contribution in [0.1, 0.15) is 36.4 Å². The number of nitro benzene ring substituents is 2. The Balaban J connectivity index is 1.63. The molecule has 3 aromatic rings. The molecule has 5 rings (SSSR count). The zero-order chi connectivity index (χ0) is 26.3. The number of alkyl halides is 1. The third kappa shape index (κ3) is 4.59. The number of hydrogen-bond acceptors (Lipinski definition) is 7. The van der Waals surface area contributed by atoms with Crippen molar-refractivity contribution < 1.29 is 19.0 Å². The molecule has 0 radical (unpaired) electrons. The molecule has 1 heterocycles. The fourth-order valence-corrected chi connectivity index (χ4v) is 7.42. The van der Waals surface area contributed by atoms with Gasteiger partial charge in [-0.2, -0.15) is 0 Å². The number of nitrogens with zero attached hydrogens (tertiary/aromatic N) is 2. The number of ether oxygens (including phenoxy) is 1. The van der Waals surface area contributed by atoms with E-state index in [1.807, 2.05) is 0 Å². The standard InChI is InChI=1S/C26H23ClFN3O5S/c1-2-36-14-11-16-23-17(13-22(24(23)27)37-21-10-6-5-9-19(21)30(32)33)25(15-7-3-4-8-18(15)28)29-26(16)20(12-14)31(34)35/h3-12,17,22-25,29H,2,13H2,1H3. The van der Waals surface area contributed by atoms with Crippen LogP contribution < -0.4 is 10.1 Å². The van der Waals surface area contributed by atoms with Crippen molar-refractivity contribution in [2.24, 2.45) is 5.92 Å². The molecule has 3 aromatic carbocycles. The molecule has 0 amide bonds. The Morgan fingerprint density at radius 2 is 1.76 bits per heavy atom. The summed E-state index contributed by atoms with van der Waals surface area (Å²) in [6.07, 6.45) is 0.521. The normalized spacial score (nSPS) is 24.0. The molecule has 0 aromatic heterocycles. The Morgan fingerprint density at radius 1 is 1.05 bits per heavy atom. The molecule has 192 valence electrons. The minimum Gasteiger partial charge on any atom is -0.494 e. The van der Waals surface area contributed by atoms with Crippen molar-refractivity contribution in [3.05, 3.63) is 97.8 Å². The maximum absolute atomic E-state index is 15.0. The van der Waals surface area contributed by atoms with Gasteiger partial charge in [-0.3, -0.25) is 20.2 Å². The molecule has 8 nitrogen and oxygen atoms in total. The van der Waals surface area contributed by atoms with Gasteiger partial charge in [0.1, 0.15) is 17.3 Å². The lowest BCUT2D eigenvalue weighted by atomic mass is 9.76. The molecule has 1 aliphatic carbocycles. The Morgan fingerprint density at radius 3 is 2.46 bits per heavy atom. The Hall–Kier alpha value is -3.37. The molecule has 0 spiro atoms. The van der Waals surface area contributed by atoms with E-state index in [1.54, 1.807) is 49.4 Å². The van der Waals surface area contributed by atoms with Crippen LogP contribution >= 0.6 is 23.4 Å². The number of anilines is 1. The highest BCUT2D eigenvalue weighted by molar-refractivity contribution is 8.00. The van der Waals surface area contributed by atoms with E-state index >= 15 is 4.39 Å². The van der Waals surface area contributed by atoms with Gasteiger partial charge in [-0.05, 0) is 43.0 Å². The minimum atomic E-state index is -0.576. The fraction of sp³-hybridized carbons (Fsp3) is 0.308. The molecular formula is C26H23ClFN3O5S. The molecule has 1 aliphatic heterocycles. The SMILES string of the molecule is CCOc1cc2c(c([N+](=O)[O-])c1)NC(c1ccccc1F)C1CC(Sc3ccccc3[N+](=O)[O-])C(Cl)C21. The zero-order valence-electron chi connectivity index (χ0n) is 19.7. The Bertz CT molecular complexity index is 1380. The van der Waals surface area contributed by atoms with Gasteiger partial charge in [0, 0.05) is 22.8 Å². The summed E-state index contributed by atoms with van der Waals surface area (Å²) in [5.41, 5.74) is 1.15. The summed E-state index contributed by atoms with van der Waals surface area (Å²) in [5.74, 6) is -0.654. The predicted octanol–water partition coefficient (Wildman–Crippen LogP) is 7.08. The van der Waals surface area contributed by atoms with Crippen LogP contribution in [-0.2, 0) is 0 Å². The maximum Gasteiger partial charge on any atom is 0.296 e. The summed E-state index contributed by atoms with van der Waals surface area (Å²) >= 11 is 8.41. The van der Waals surface area contributed by atoms with Gasteiger partial charge in [0.15, 0.2) is 0 Å². The Kier molecular flexibility index (Phi) is 6.96. The lowest BCUT2D eigenvalue weighted by molar-refractivity contribution is -0.387. The largest absolute Gasteiger partial charge is 0.494 e. The molecule has 5 atom stereocenters. The second-order valence-electron chi connectivity index (χ2n) is 8.99. The minimum absolute atomic E-state index is 0.00955. The molecule has 1 fully saturated rings. The van der Waals surface area contributed by atoms with Crippen LogP contribution in [0.25, 0.3) is 0 Å². The number of fused-ring (bicyclic) bond motifs is 3. The van der Waals surface area contributed by atoms with Crippen molar-refractivity contribution in [2.45, 2.75) is 40.8 Å². The van der Waals surface area contributed by atoms with Gasteiger partial charge < -0.3 is 10.1 Å². The fourth-order valence-electron chi connectivity index (χ4n) is 5.48. The monoisotopic (exact) mass is 543 g/mol. The van der Waals surface area contributed by atoms with Crippen LogP contribution in [0, 0.1) is 32.0 Å².